The zero-order valence-corrected chi connectivity index (χ0v) is 14.9. The van der Waals surface area contributed by atoms with Gasteiger partial charge in [-0.15, -0.1) is 0 Å². The zero-order valence-electron chi connectivity index (χ0n) is 14.9. The van der Waals surface area contributed by atoms with Crippen LogP contribution >= 0.6 is 0 Å². The lowest BCUT2D eigenvalue weighted by molar-refractivity contribution is -0.00796. The topological polar surface area (TPSA) is 65.1 Å². The van der Waals surface area contributed by atoms with Gasteiger partial charge in [0.2, 0.25) is 0 Å². The molecule has 0 aromatic heterocycles. The molecule has 1 aliphatic rings. The van der Waals surface area contributed by atoms with E-state index in [1.165, 1.54) is 6.92 Å². The Morgan fingerprint density at radius 2 is 1.88 bits per heavy atom. The van der Waals surface area contributed by atoms with E-state index < -0.39 is 5.60 Å². The third kappa shape index (κ3) is 4.63. The summed E-state index contributed by atoms with van der Waals surface area (Å²) in [6.45, 7) is 8.77. The molecule has 1 aliphatic heterocycles. The first-order valence-electron chi connectivity index (χ1n) is 7.99. The van der Waals surface area contributed by atoms with Crippen molar-refractivity contribution >= 4 is 11.9 Å². The van der Waals surface area contributed by atoms with Gasteiger partial charge in [0.15, 0.2) is 17.3 Å². The number of rotatable bonds is 5. The largest absolute Gasteiger partial charge is 0.493 e. The molecule has 0 N–H and O–H groups in total. The molecule has 0 bridgehead atoms. The van der Waals surface area contributed by atoms with Crippen LogP contribution in [0.5, 0.6) is 11.5 Å². The first-order chi connectivity index (χ1) is 11.2. The molecule has 6 heteroatoms. The van der Waals surface area contributed by atoms with Crippen molar-refractivity contribution in [2.45, 2.75) is 33.3 Å². The van der Waals surface area contributed by atoms with Gasteiger partial charge in [0.25, 0.3) is 0 Å². The van der Waals surface area contributed by atoms with E-state index in [1.807, 2.05) is 20.8 Å². The summed E-state index contributed by atoms with van der Waals surface area (Å²) < 4.78 is 16.4. The van der Waals surface area contributed by atoms with Gasteiger partial charge >= 0.3 is 6.09 Å². The van der Waals surface area contributed by atoms with Crippen molar-refractivity contribution in [2.24, 2.45) is 5.92 Å². The Balaban J connectivity index is 1.84. The highest BCUT2D eigenvalue weighted by molar-refractivity contribution is 5.94. The number of benzene rings is 1. The first kappa shape index (κ1) is 18.1. The molecular formula is C18H25NO5. The quantitative estimate of drug-likeness (QED) is 0.774. The van der Waals surface area contributed by atoms with Crippen LogP contribution in [-0.2, 0) is 4.74 Å². The Morgan fingerprint density at radius 3 is 2.42 bits per heavy atom. The van der Waals surface area contributed by atoms with E-state index in [2.05, 4.69) is 0 Å². The molecule has 132 valence electrons. The van der Waals surface area contributed by atoms with E-state index in [0.29, 0.717) is 36.8 Å². The predicted molar refractivity (Wildman–Crippen MR) is 89.8 cm³/mol. The minimum absolute atomic E-state index is 0.0214. The maximum absolute atomic E-state index is 11.9. The van der Waals surface area contributed by atoms with Gasteiger partial charge < -0.3 is 19.1 Å². The van der Waals surface area contributed by atoms with Crippen LogP contribution in [0.15, 0.2) is 18.2 Å². The molecule has 1 heterocycles. The number of ketones is 1. The molecule has 1 amide bonds. The molecular weight excluding hydrogens is 310 g/mol. The van der Waals surface area contributed by atoms with Crippen LogP contribution in [0.2, 0.25) is 0 Å². The minimum atomic E-state index is -0.482. The number of hydrogen-bond acceptors (Lipinski definition) is 5. The fraction of sp³-hybridized carbons (Fsp3) is 0.556. The van der Waals surface area contributed by atoms with Gasteiger partial charge in [-0.2, -0.15) is 0 Å². The number of nitrogens with zero attached hydrogens (tertiary/aromatic N) is 1. The van der Waals surface area contributed by atoms with Crippen molar-refractivity contribution < 1.29 is 23.8 Å². The molecule has 0 atom stereocenters. The van der Waals surface area contributed by atoms with Gasteiger partial charge in [-0.1, -0.05) is 0 Å². The number of ether oxygens (including phenoxy) is 3. The summed E-state index contributed by atoms with van der Waals surface area (Å²) in [5.74, 6) is 1.37. The predicted octanol–water partition coefficient (Wildman–Crippen LogP) is 3.14. The second-order valence-electron chi connectivity index (χ2n) is 6.98. The standard InChI is InChI=1S/C18H25NO5/c1-12(20)14-6-7-15(16(8-14)22-5)23-11-13-9-19(10-13)17(21)24-18(2,3)4/h6-8,13H,9-11H2,1-5H3. The average molecular weight is 335 g/mol. The first-order valence-corrected chi connectivity index (χ1v) is 7.99. The molecule has 0 spiro atoms. The lowest BCUT2D eigenvalue weighted by atomic mass is 10.0. The summed E-state index contributed by atoms with van der Waals surface area (Å²) in [6.07, 6.45) is -0.290. The van der Waals surface area contributed by atoms with Crippen molar-refractivity contribution in [3.8, 4) is 11.5 Å². The smallest absolute Gasteiger partial charge is 0.410 e. The Morgan fingerprint density at radius 1 is 1.21 bits per heavy atom. The molecule has 0 unspecified atom stereocenters. The van der Waals surface area contributed by atoms with Crippen LogP contribution in [-0.4, -0.2) is 49.2 Å². The van der Waals surface area contributed by atoms with Gasteiger partial charge in [-0.05, 0) is 45.9 Å². The molecule has 1 aromatic rings. The number of likely N-dealkylation sites (tertiary alicyclic amines) is 1. The van der Waals surface area contributed by atoms with Crippen LogP contribution in [0.1, 0.15) is 38.1 Å². The molecule has 24 heavy (non-hydrogen) atoms. The molecule has 1 fully saturated rings. The van der Waals surface area contributed by atoms with Gasteiger partial charge in [0.1, 0.15) is 5.60 Å². The van der Waals surface area contributed by atoms with Crippen molar-refractivity contribution in [1.29, 1.82) is 0 Å². The van der Waals surface area contributed by atoms with E-state index >= 15 is 0 Å². The van der Waals surface area contributed by atoms with Crippen molar-refractivity contribution in [2.75, 3.05) is 26.8 Å². The maximum Gasteiger partial charge on any atom is 0.410 e. The van der Waals surface area contributed by atoms with Crippen LogP contribution in [0, 0.1) is 5.92 Å². The molecule has 0 radical (unpaired) electrons. The van der Waals surface area contributed by atoms with Gasteiger partial charge in [0, 0.05) is 24.6 Å². The van der Waals surface area contributed by atoms with Crippen LogP contribution in [0.3, 0.4) is 0 Å². The zero-order chi connectivity index (χ0) is 17.9. The number of carbonyl (C=O) groups is 2. The van der Waals surface area contributed by atoms with E-state index in [4.69, 9.17) is 14.2 Å². The number of methoxy groups -OCH3 is 1. The van der Waals surface area contributed by atoms with Gasteiger partial charge in [0.05, 0.1) is 13.7 Å². The van der Waals surface area contributed by atoms with Crippen LogP contribution in [0.4, 0.5) is 4.79 Å². The molecule has 0 saturated carbocycles. The minimum Gasteiger partial charge on any atom is -0.493 e. The Kier molecular flexibility index (Phi) is 5.36. The number of Topliss-reactive ketones (excluding diaryl/α,β-unsaturated/α-hetero) is 1. The number of amides is 1. The van der Waals surface area contributed by atoms with Crippen molar-refractivity contribution in [3.05, 3.63) is 23.8 Å². The molecule has 0 aliphatic carbocycles. The molecule has 1 aromatic carbocycles. The van der Waals surface area contributed by atoms with Gasteiger partial charge in [-0.25, -0.2) is 4.79 Å². The van der Waals surface area contributed by atoms with Crippen molar-refractivity contribution in [1.82, 2.24) is 4.90 Å². The third-order valence-corrected chi connectivity index (χ3v) is 3.65. The SMILES string of the molecule is COc1cc(C(C)=O)ccc1OCC1CN(C(=O)OC(C)(C)C)C1. The maximum atomic E-state index is 11.9. The average Bonchev–Trinajstić information content (AvgIpc) is 2.43. The van der Waals surface area contributed by atoms with E-state index in [9.17, 15) is 9.59 Å². The Bertz CT molecular complexity index is 614. The molecule has 1 saturated heterocycles. The highest BCUT2D eigenvalue weighted by atomic mass is 16.6. The lowest BCUT2D eigenvalue weighted by Gasteiger charge is -2.39. The van der Waals surface area contributed by atoms with Gasteiger partial charge in [-0.3, -0.25) is 4.79 Å². The third-order valence-electron chi connectivity index (χ3n) is 3.65. The van der Waals surface area contributed by atoms with E-state index in [0.717, 1.165) is 0 Å². The monoisotopic (exact) mass is 335 g/mol. The second kappa shape index (κ2) is 7.11. The summed E-state index contributed by atoms with van der Waals surface area (Å²) in [5.41, 5.74) is 0.101. The second-order valence-corrected chi connectivity index (χ2v) is 6.98. The summed E-state index contributed by atoms with van der Waals surface area (Å²) in [4.78, 5) is 24.9. The normalized spacial score (nSPS) is 14.8. The molecule has 2 rings (SSSR count). The highest BCUT2D eigenvalue weighted by Crippen LogP contribution is 2.29. The molecule has 6 nitrogen and oxygen atoms in total. The summed E-state index contributed by atoms with van der Waals surface area (Å²) in [7, 11) is 1.54. The fourth-order valence-corrected chi connectivity index (χ4v) is 2.36. The van der Waals surface area contributed by atoms with E-state index in [-0.39, 0.29) is 17.8 Å². The number of hydrogen-bond donors (Lipinski definition) is 0. The van der Waals surface area contributed by atoms with Crippen molar-refractivity contribution in [3.63, 3.8) is 0 Å². The summed E-state index contributed by atoms with van der Waals surface area (Å²) in [5, 5.41) is 0. The Labute approximate surface area is 142 Å². The fourth-order valence-electron chi connectivity index (χ4n) is 2.36. The summed E-state index contributed by atoms with van der Waals surface area (Å²) >= 11 is 0. The summed E-state index contributed by atoms with van der Waals surface area (Å²) in [6, 6.07) is 5.12. The highest BCUT2D eigenvalue weighted by Gasteiger charge is 2.34. The Hall–Kier alpha value is -2.24. The lowest BCUT2D eigenvalue weighted by Crippen LogP contribution is -2.53. The van der Waals surface area contributed by atoms with E-state index in [1.54, 1.807) is 30.2 Å². The van der Waals surface area contributed by atoms with Crippen LogP contribution in [0.25, 0.3) is 0 Å². The van der Waals surface area contributed by atoms with Crippen LogP contribution < -0.4 is 9.47 Å². The number of carbonyl (C=O) groups excluding carboxylic acids is 2.